The van der Waals surface area contributed by atoms with Crippen molar-refractivity contribution < 1.29 is 14.0 Å². The molecular formula is C27H22FN3O2S. The third-order valence-corrected chi connectivity index (χ3v) is 6.77. The van der Waals surface area contributed by atoms with E-state index in [4.69, 9.17) is 0 Å². The molecular weight excluding hydrogens is 449 g/mol. The Morgan fingerprint density at radius 1 is 1.06 bits per heavy atom. The normalized spacial score (nSPS) is 16.8. The van der Waals surface area contributed by atoms with Crippen molar-refractivity contribution >= 4 is 35.0 Å². The summed E-state index contributed by atoms with van der Waals surface area (Å²) in [6.07, 6.45) is 0.979. The molecule has 3 aromatic rings. The van der Waals surface area contributed by atoms with Crippen LogP contribution in [0.4, 0.5) is 15.8 Å². The monoisotopic (exact) mass is 471 g/mol. The molecule has 0 saturated carbocycles. The maximum Gasteiger partial charge on any atom is 0.269 e. The summed E-state index contributed by atoms with van der Waals surface area (Å²) >= 11 is 1.11. The number of benzene rings is 3. The van der Waals surface area contributed by atoms with Crippen LogP contribution >= 0.6 is 11.8 Å². The Balaban J connectivity index is 1.74. The lowest BCUT2D eigenvalue weighted by atomic mass is 10.1. The molecule has 0 spiro atoms. The highest BCUT2D eigenvalue weighted by Crippen LogP contribution is 2.42. The van der Waals surface area contributed by atoms with Gasteiger partial charge in [-0.2, -0.15) is 5.26 Å². The molecule has 0 bridgehead atoms. The van der Waals surface area contributed by atoms with Gasteiger partial charge in [0.25, 0.3) is 5.91 Å². The Kier molecular flexibility index (Phi) is 7.09. The summed E-state index contributed by atoms with van der Waals surface area (Å²) in [4.78, 5) is 27.9. The molecule has 1 unspecified atom stereocenters. The van der Waals surface area contributed by atoms with E-state index < -0.39 is 17.0 Å². The minimum atomic E-state index is -0.675. The Labute approximate surface area is 201 Å². The van der Waals surface area contributed by atoms with E-state index in [-0.39, 0.29) is 22.9 Å². The zero-order valence-electron chi connectivity index (χ0n) is 18.5. The van der Waals surface area contributed by atoms with Crippen molar-refractivity contribution in [2.75, 3.05) is 10.2 Å². The van der Waals surface area contributed by atoms with Gasteiger partial charge in [0, 0.05) is 11.4 Å². The van der Waals surface area contributed by atoms with Crippen LogP contribution in [0.3, 0.4) is 0 Å². The number of thioether (sulfide) groups is 1. The van der Waals surface area contributed by atoms with Crippen molar-refractivity contribution in [3.63, 3.8) is 0 Å². The fourth-order valence-corrected chi connectivity index (χ4v) is 4.98. The van der Waals surface area contributed by atoms with Gasteiger partial charge in [-0.05, 0) is 54.3 Å². The molecule has 1 aliphatic rings. The SMILES string of the molecule is CCc1ccc(N2C(=O)C(Cc3ccccc3F)S/C2=C(/C#N)C(=O)Nc2ccccc2)cc1. The molecule has 1 heterocycles. The van der Waals surface area contributed by atoms with E-state index in [0.717, 1.165) is 23.7 Å². The van der Waals surface area contributed by atoms with Crippen LogP contribution in [0, 0.1) is 17.1 Å². The predicted octanol–water partition coefficient (Wildman–Crippen LogP) is 5.45. The van der Waals surface area contributed by atoms with Crippen molar-refractivity contribution in [2.24, 2.45) is 0 Å². The third-order valence-electron chi connectivity index (χ3n) is 5.50. The predicted molar refractivity (Wildman–Crippen MR) is 132 cm³/mol. The summed E-state index contributed by atoms with van der Waals surface area (Å²) in [5, 5.41) is 12.2. The van der Waals surface area contributed by atoms with Gasteiger partial charge < -0.3 is 5.32 Å². The second-order valence-corrected chi connectivity index (χ2v) is 8.90. The van der Waals surface area contributed by atoms with Gasteiger partial charge >= 0.3 is 0 Å². The lowest BCUT2D eigenvalue weighted by molar-refractivity contribution is -0.117. The quantitative estimate of drug-likeness (QED) is 0.383. The minimum absolute atomic E-state index is 0.141. The Hall–Kier alpha value is -3.89. The van der Waals surface area contributed by atoms with E-state index in [1.165, 1.54) is 11.0 Å². The summed E-state index contributed by atoms with van der Waals surface area (Å²) < 4.78 is 14.3. The van der Waals surface area contributed by atoms with Crippen LogP contribution in [0.2, 0.25) is 0 Å². The number of nitrogens with one attached hydrogen (secondary N) is 1. The molecule has 1 atom stereocenters. The molecule has 4 rings (SSSR count). The Morgan fingerprint density at radius 3 is 2.38 bits per heavy atom. The Bertz CT molecular complexity index is 1280. The number of rotatable bonds is 6. The van der Waals surface area contributed by atoms with E-state index in [1.807, 2.05) is 31.2 Å². The molecule has 7 heteroatoms. The molecule has 2 amide bonds. The molecule has 1 N–H and O–H groups in total. The number of hydrogen-bond acceptors (Lipinski definition) is 4. The zero-order chi connectivity index (χ0) is 24.1. The fourth-order valence-electron chi connectivity index (χ4n) is 3.68. The molecule has 34 heavy (non-hydrogen) atoms. The molecule has 0 aliphatic carbocycles. The molecule has 3 aromatic carbocycles. The summed E-state index contributed by atoms with van der Waals surface area (Å²) in [6.45, 7) is 2.03. The number of carbonyl (C=O) groups is 2. The van der Waals surface area contributed by atoms with Gasteiger partial charge in [0.15, 0.2) is 0 Å². The van der Waals surface area contributed by atoms with Gasteiger partial charge in [0.2, 0.25) is 5.91 Å². The number of aryl methyl sites for hydroxylation is 1. The van der Waals surface area contributed by atoms with E-state index >= 15 is 0 Å². The molecule has 170 valence electrons. The average Bonchev–Trinajstić information content (AvgIpc) is 3.17. The smallest absolute Gasteiger partial charge is 0.269 e. The number of anilines is 2. The number of hydrogen-bond donors (Lipinski definition) is 1. The van der Waals surface area contributed by atoms with Crippen LogP contribution in [0.5, 0.6) is 0 Å². The molecule has 1 aliphatic heterocycles. The molecule has 1 fully saturated rings. The highest BCUT2D eigenvalue weighted by Gasteiger charge is 2.41. The van der Waals surface area contributed by atoms with Crippen molar-refractivity contribution in [1.82, 2.24) is 0 Å². The van der Waals surface area contributed by atoms with Gasteiger partial charge in [-0.15, -0.1) is 0 Å². The summed E-state index contributed by atoms with van der Waals surface area (Å²) in [5.41, 5.74) is 2.43. The van der Waals surface area contributed by atoms with Crippen molar-refractivity contribution in [3.05, 3.63) is 106 Å². The van der Waals surface area contributed by atoms with Crippen LogP contribution in [0.25, 0.3) is 0 Å². The fraction of sp³-hybridized carbons (Fsp3) is 0.148. The van der Waals surface area contributed by atoms with Crippen LogP contribution in [0.15, 0.2) is 89.5 Å². The number of carbonyl (C=O) groups excluding carboxylic acids is 2. The van der Waals surface area contributed by atoms with Gasteiger partial charge in [-0.1, -0.05) is 67.2 Å². The van der Waals surface area contributed by atoms with E-state index in [9.17, 15) is 19.2 Å². The number of halogens is 1. The summed E-state index contributed by atoms with van der Waals surface area (Å²) in [6, 6.07) is 24.5. The van der Waals surface area contributed by atoms with Gasteiger partial charge in [0.05, 0.1) is 5.25 Å². The van der Waals surface area contributed by atoms with Crippen LogP contribution < -0.4 is 10.2 Å². The van der Waals surface area contributed by atoms with Crippen molar-refractivity contribution in [2.45, 2.75) is 25.0 Å². The van der Waals surface area contributed by atoms with E-state index in [2.05, 4.69) is 5.32 Å². The maximum absolute atomic E-state index is 14.3. The van der Waals surface area contributed by atoms with Gasteiger partial charge in [-0.3, -0.25) is 14.5 Å². The highest BCUT2D eigenvalue weighted by molar-refractivity contribution is 8.05. The lowest BCUT2D eigenvalue weighted by Gasteiger charge is -2.19. The molecule has 0 aromatic heterocycles. The van der Waals surface area contributed by atoms with Gasteiger partial charge in [-0.25, -0.2) is 4.39 Å². The Morgan fingerprint density at radius 2 is 1.74 bits per heavy atom. The van der Waals surface area contributed by atoms with Crippen molar-refractivity contribution in [3.8, 4) is 6.07 Å². The molecule has 5 nitrogen and oxygen atoms in total. The summed E-state index contributed by atoms with van der Waals surface area (Å²) in [5.74, 6) is -1.30. The first kappa shape index (κ1) is 23.3. The van der Waals surface area contributed by atoms with E-state index in [0.29, 0.717) is 16.9 Å². The maximum atomic E-state index is 14.3. The first-order valence-corrected chi connectivity index (χ1v) is 11.7. The number of nitrogens with zero attached hydrogens (tertiary/aromatic N) is 2. The number of para-hydroxylation sites is 1. The zero-order valence-corrected chi connectivity index (χ0v) is 19.3. The second-order valence-electron chi connectivity index (χ2n) is 7.71. The largest absolute Gasteiger partial charge is 0.321 e. The topological polar surface area (TPSA) is 73.2 Å². The van der Waals surface area contributed by atoms with Crippen LogP contribution in [0.1, 0.15) is 18.1 Å². The number of nitriles is 1. The number of amides is 2. The second kappa shape index (κ2) is 10.4. The first-order valence-electron chi connectivity index (χ1n) is 10.9. The van der Waals surface area contributed by atoms with Crippen LogP contribution in [-0.4, -0.2) is 17.1 Å². The average molecular weight is 472 g/mol. The van der Waals surface area contributed by atoms with E-state index in [1.54, 1.807) is 54.6 Å². The van der Waals surface area contributed by atoms with Crippen molar-refractivity contribution in [1.29, 1.82) is 5.26 Å². The molecule has 1 saturated heterocycles. The standard InChI is InChI=1S/C27H22FN3O2S/c1-2-18-12-14-21(15-13-18)31-26(33)24(16-19-8-6-7-11-23(19)28)34-27(31)22(17-29)25(32)30-20-9-4-3-5-10-20/h3-15,24H,2,16H2,1H3,(H,30,32)/b27-22-. The lowest BCUT2D eigenvalue weighted by Crippen LogP contribution is -2.31. The molecule has 0 radical (unpaired) electrons. The first-order chi connectivity index (χ1) is 16.5. The minimum Gasteiger partial charge on any atom is -0.321 e. The van der Waals surface area contributed by atoms with Gasteiger partial charge in [0.1, 0.15) is 22.5 Å². The summed E-state index contributed by atoms with van der Waals surface area (Å²) in [7, 11) is 0. The third kappa shape index (κ3) is 4.87. The van der Waals surface area contributed by atoms with Crippen LogP contribution in [-0.2, 0) is 22.4 Å². The highest BCUT2D eigenvalue weighted by atomic mass is 32.2.